The highest BCUT2D eigenvalue weighted by Crippen LogP contribution is 2.49. The minimum atomic E-state index is -0.191. The number of carbonyl (C=O) groups excluding carboxylic acids is 2. The Morgan fingerprint density at radius 1 is 1.05 bits per heavy atom. The van der Waals surface area contributed by atoms with Gasteiger partial charge >= 0.3 is 0 Å². The maximum Gasteiger partial charge on any atom is 0.254 e. The van der Waals surface area contributed by atoms with Gasteiger partial charge in [-0.15, -0.1) is 0 Å². The summed E-state index contributed by atoms with van der Waals surface area (Å²) >= 11 is 2.22. The van der Waals surface area contributed by atoms with Crippen molar-refractivity contribution < 1.29 is 9.59 Å². The van der Waals surface area contributed by atoms with E-state index < -0.39 is 0 Å². The molecule has 22 heavy (non-hydrogen) atoms. The van der Waals surface area contributed by atoms with Crippen molar-refractivity contribution >= 4 is 40.6 Å². The Kier molecular flexibility index (Phi) is 3.40. The number of hydrogen-bond donors (Lipinski definition) is 0. The molecule has 2 amide bonds. The Morgan fingerprint density at radius 3 is 2.18 bits per heavy atom. The number of carbonyl (C=O) groups is 2. The number of nitrogens with zero attached hydrogens (tertiary/aromatic N) is 2. The summed E-state index contributed by atoms with van der Waals surface area (Å²) < 4.78 is 1.04. The van der Waals surface area contributed by atoms with Crippen molar-refractivity contribution in [2.45, 2.75) is 12.8 Å². The molecule has 2 bridgehead atoms. The van der Waals surface area contributed by atoms with Gasteiger partial charge in [0.2, 0.25) is 0 Å². The molecule has 5 rings (SSSR count). The minimum absolute atomic E-state index is 0.128. The molecule has 4 atom stereocenters. The van der Waals surface area contributed by atoms with Gasteiger partial charge in [0.25, 0.3) is 11.8 Å². The molecule has 4 unspecified atom stereocenters. The van der Waals surface area contributed by atoms with Crippen LogP contribution >= 0.6 is 22.6 Å². The molecule has 1 aromatic rings. The first-order valence-electron chi connectivity index (χ1n) is 7.51. The molecule has 3 aliphatic carbocycles. The number of halogens is 1. The number of fused-ring (bicyclic) bond motifs is 1. The molecule has 0 N–H and O–H groups in total. The summed E-state index contributed by atoms with van der Waals surface area (Å²) in [4.78, 5) is 25.2. The van der Waals surface area contributed by atoms with Crippen molar-refractivity contribution in [1.82, 2.24) is 5.01 Å². The smallest absolute Gasteiger partial charge is 0.254 e. The monoisotopic (exact) mass is 406 g/mol. The third kappa shape index (κ3) is 2.06. The van der Waals surface area contributed by atoms with Crippen LogP contribution in [0.1, 0.15) is 18.4 Å². The highest BCUT2D eigenvalue weighted by molar-refractivity contribution is 14.1. The lowest BCUT2D eigenvalue weighted by molar-refractivity contribution is -0.140. The lowest BCUT2D eigenvalue weighted by Crippen LogP contribution is -2.38. The van der Waals surface area contributed by atoms with E-state index >= 15 is 0 Å². The molecule has 1 aromatic carbocycles. The van der Waals surface area contributed by atoms with Crippen LogP contribution < -0.4 is 0 Å². The lowest BCUT2D eigenvalue weighted by atomic mass is 9.63. The highest BCUT2D eigenvalue weighted by atomic mass is 127. The maximum atomic E-state index is 12.6. The van der Waals surface area contributed by atoms with E-state index in [1.807, 2.05) is 24.3 Å². The van der Waals surface area contributed by atoms with Crippen molar-refractivity contribution in [3.63, 3.8) is 0 Å². The van der Waals surface area contributed by atoms with Crippen molar-refractivity contribution in [3.8, 4) is 0 Å². The van der Waals surface area contributed by atoms with E-state index in [1.54, 1.807) is 6.21 Å². The van der Waals surface area contributed by atoms with Gasteiger partial charge in [-0.25, -0.2) is 0 Å². The summed E-state index contributed by atoms with van der Waals surface area (Å²) in [7, 11) is 0. The lowest BCUT2D eigenvalue weighted by Gasteiger charge is -2.37. The second-order valence-electron chi connectivity index (χ2n) is 6.10. The Bertz CT molecular complexity index is 680. The van der Waals surface area contributed by atoms with E-state index in [1.165, 1.54) is 0 Å². The van der Waals surface area contributed by atoms with Crippen LogP contribution in [0.4, 0.5) is 0 Å². The predicted octanol–water partition coefficient (Wildman–Crippen LogP) is 2.82. The van der Waals surface area contributed by atoms with Crippen molar-refractivity contribution in [3.05, 3.63) is 45.6 Å². The fraction of sp³-hybridized carbons (Fsp3) is 0.353. The number of amides is 2. The van der Waals surface area contributed by atoms with Crippen molar-refractivity contribution in [2.75, 3.05) is 0 Å². The first-order valence-corrected chi connectivity index (χ1v) is 8.59. The summed E-state index contributed by atoms with van der Waals surface area (Å²) in [5, 5.41) is 5.32. The molecule has 5 heteroatoms. The van der Waals surface area contributed by atoms with E-state index in [4.69, 9.17) is 0 Å². The molecular weight excluding hydrogens is 391 g/mol. The van der Waals surface area contributed by atoms with Crippen molar-refractivity contribution in [1.29, 1.82) is 0 Å². The number of hydrogen-bond acceptors (Lipinski definition) is 3. The van der Waals surface area contributed by atoms with Crippen LogP contribution in [0, 0.1) is 27.2 Å². The zero-order valence-corrected chi connectivity index (χ0v) is 14.0. The molecule has 0 aromatic heterocycles. The number of benzene rings is 1. The molecule has 1 saturated heterocycles. The summed E-state index contributed by atoms with van der Waals surface area (Å²) in [5.74, 6) is -0.217. The average molecular weight is 406 g/mol. The van der Waals surface area contributed by atoms with Gasteiger partial charge in [-0.3, -0.25) is 9.59 Å². The van der Waals surface area contributed by atoms with Crippen LogP contribution in [0.2, 0.25) is 0 Å². The van der Waals surface area contributed by atoms with E-state index in [0.717, 1.165) is 27.0 Å². The second kappa shape index (κ2) is 5.30. The Morgan fingerprint density at radius 2 is 1.64 bits per heavy atom. The quantitative estimate of drug-likeness (QED) is 0.328. The third-order valence-corrected chi connectivity index (χ3v) is 5.94. The molecule has 1 aliphatic heterocycles. The van der Waals surface area contributed by atoms with Crippen LogP contribution in [0.15, 0.2) is 41.5 Å². The summed E-state index contributed by atoms with van der Waals surface area (Å²) in [6.07, 6.45) is 7.87. The maximum absolute atomic E-state index is 12.6. The Hall–Kier alpha value is -1.50. The standard InChI is InChI=1S/C17H15IN2O2/c18-13-4-2-1-3-12(13)9-19-20-16(21)14-10-5-6-11(8-7-10)15(14)17(20)22/h1-6,9-11,14-15H,7-8H2/b19-9+. The number of allylic oxidation sites excluding steroid dienone is 2. The third-order valence-electron chi connectivity index (χ3n) is 4.95. The van der Waals surface area contributed by atoms with Gasteiger partial charge in [-0.2, -0.15) is 10.1 Å². The first kappa shape index (κ1) is 14.1. The van der Waals surface area contributed by atoms with Crippen LogP contribution in [0.25, 0.3) is 0 Å². The van der Waals surface area contributed by atoms with Crippen LogP contribution in [-0.4, -0.2) is 23.0 Å². The molecule has 0 radical (unpaired) electrons. The molecule has 4 aliphatic rings. The Balaban J connectivity index is 1.63. The second-order valence-corrected chi connectivity index (χ2v) is 7.26. The largest absolute Gasteiger partial charge is 0.272 e. The topological polar surface area (TPSA) is 49.7 Å². The van der Waals surface area contributed by atoms with Gasteiger partial charge in [-0.05, 0) is 53.3 Å². The normalized spacial score (nSPS) is 33.0. The molecule has 2 fully saturated rings. The van der Waals surface area contributed by atoms with Gasteiger partial charge < -0.3 is 0 Å². The summed E-state index contributed by atoms with van der Waals surface area (Å²) in [6, 6.07) is 7.76. The van der Waals surface area contributed by atoms with Crippen LogP contribution in [0.5, 0.6) is 0 Å². The zero-order valence-electron chi connectivity index (χ0n) is 11.9. The van der Waals surface area contributed by atoms with Crippen LogP contribution in [-0.2, 0) is 9.59 Å². The van der Waals surface area contributed by atoms with Gasteiger partial charge in [0.05, 0.1) is 18.1 Å². The number of rotatable bonds is 2. The molecule has 4 nitrogen and oxygen atoms in total. The van der Waals surface area contributed by atoms with Gasteiger partial charge in [0.15, 0.2) is 0 Å². The molecular formula is C17H15IN2O2. The predicted molar refractivity (Wildman–Crippen MR) is 90.9 cm³/mol. The van der Waals surface area contributed by atoms with Crippen molar-refractivity contribution in [2.24, 2.45) is 28.8 Å². The highest BCUT2D eigenvalue weighted by Gasteiger charge is 2.56. The van der Waals surface area contributed by atoms with E-state index in [0.29, 0.717) is 0 Å². The van der Waals surface area contributed by atoms with Crippen LogP contribution in [0.3, 0.4) is 0 Å². The SMILES string of the molecule is O=C1C2C3C=CC(CC3)C2C(=O)N1/N=C/c1ccccc1I. The molecule has 0 spiro atoms. The van der Waals surface area contributed by atoms with Gasteiger partial charge in [0, 0.05) is 9.13 Å². The Labute approximate surface area is 142 Å². The summed E-state index contributed by atoms with van der Waals surface area (Å²) in [5.41, 5.74) is 0.916. The van der Waals surface area contributed by atoms with E-state index in [9.17, 15) is 9.59 Å². The number of hydrazone groups is 1. The van der Waals surface area contributed by atoms with E-state index in [-0.39, 0.29) is 35.5 Å². The average Bonchev–Trinajstić information content (AvgIpc) is 2.82. The van der Waals surface area contributed by atoms with Gasteiger partial charge in [-0.1, -0.05) is 30.4 Å². The van der Waals surface area contributed by atoms with Gasteiger partial charge in [0.1, 0.15) is 0 Å². The first-order chi connectivity index (χ1) is 10.7. The number of imide groups is 1. The fourth-order valence-corrected chi connectivity index (χ4v) is 4.40. The molecule has 1 heterocycles. The zero-order chi connectivity index (χ0) is 15.3. The molecule has 1 saturated carbocycles. The fourth-order valence-electron chi connectivity index (χ4n) is 3.87. The minimum Gasteiger partial charge on any atom is -0.272 e. The van der Waals surface area contributed by atoms with E-state index in [2.05, 4.69) is 39.8 Å². The summed E-state index contributed by atoms with van der Waals surface area (Å²) in [6.45, 7) is 0. The molecule has 112 valence electrons.